The highest BCUT2D eigenvalue weighted by atomic mass is 32.1. The summed E-state index contributed by atoms with van der Waals surface area (Å²) >= 11 is 1.54. The van der Waals surface area contributed by atoms with E-state index >= 15 is 0 Å². The molecule has 0 unspecified atom stereocenters. The first-order valence-electron chi connectivity index (χ1n) is 5.50. The molecule has 0 N–H and O–H groups in total. The van der Waals surface area contributed by atoms with Crippen molar-refractivity contribution in [2.75, 3.05) is 7.11 Å². The van der Waals surface area contributed by atoms with E-state index in [0.717, 1.165) is 10.4 Å². The SMILES string of the molecule is COC(=O)Cc1cc(-c2cccs2)ccc1[N+](=O)[O-]. The van der Waals surface area contributed by atoms with Gasteiger partial charge in [-0.1, -0.05) is 6.07 Å². The number of hydrogen-bond donors (Lipinski definition) is 0. The number of thiophene rings is 1. The van der Waals surface area contributed by atoms with Gasteiger partial charge >= 0.3 is 5.97 Å². The fraction of sp³-hybridized carbons (Fsp3) is 0.154. The van der Waals surface area contributed by atoms with Crippen LogP contribution in [-0.4, -0.2) is 18.0 Å². The quantitative estimate of drug-likeness (QED) is 0.489. The molecular weight excluding hydrogens is 266 g/mol. The topological polar surface area (TPSA) is 69.4 Å². The maximum atomic E-state index is 11.3. The van der Waals surface area contributed by atoms with E-state index in [2.05, 4.69) is 4.74 Å². The summed E-state index contributed by atoms with van der Waals surface area (Å²) in [6.45, 7) is 0. The lowest BCUT2D eigenvalue weighted by Crippen LogP contribution is -2.07. The van der Waals surface area contributed by atoms with Gasteiger partial charge in [0.25, 0.3) is 5.69 Å². The smallest absolute Gasteiger partial charge is 0.310 e. The standard InChI is InChI=1S/C13H11NO4S/c1-18-13(15)8-10-7-9(12-3-2-6-19-12)4-5-11(10)14(16)17/h2-7H,8H2,1H3. The Balaban J connectivity index is 2.43. The van der Waals surface area contributed by atoms with Crippen molar-refractivity contribution < 1.29 is 14.5 Å². The number of nitro benzene ring substituents is 1. The van der Waals surface area contributed by atoms with Crippen LogP contribution in [0.1, 0.15) is 5.56 Å². The van der Waals surface area contributed by atoms with Gasteiger partial charge in [0.2, 0.25) is 0 Å². The fourth-order valence-electron chi connectivity index (χ4n) is 1.73. The first-order valence-corrected chi connectivity index (χ1v) is 6.38. The normalized spacial score (nSPS) is 10.2. The van der Waals surface area contributed by atoms with Gasteiger partial charge < -0.3 is 4.74 Å². The zero-order valence-corrected chi connectivity index (χ0v) is 11.0. The summed E-state index contributed by atoms with van der Waals surface area (Å²) in [5.74, 6) is -0.494. The minimum Gasteiger partial charge on any atom is -0.469 e. The average molecular weight is 277 g/mol. The van der Waals surface area contributed by atoms with Gasteiger partial charge in [0, 0.05) is 16.5 Å². The van der Waals surface area contributed by atoms with Crippen LogP contribution in [0.25, 0.3) is 10.4 Å². The molecule has 2 aromatic rings. The number of esters is 1. The molecule has 6 heteroatoms. The van der Waals surface area contributed by atoms with E-state index < -0.39 is 10.9 Å². The Labute approximate surface area is 113 Å². The molecule has 0 radical (unpaired) electrons. The third-order valence-corrected chi connectivity index (χ3v) is 3.56. The number of rotatable bonds is 4. The Kier molecular flexibility index (Phi) is 3.91. The van der Waals surface area contributed by atoms with Gasteiger partial charge in [-0.05, 0) is 29.1 Å². The van der Waals surface area contributed by atoms with Crippen molar-refractivity contribution in [3.63, 3.8) is 0 Å². The van der Waals surface area contributed by atoms with Crippen LogP contribution in [0, 0.1) is 10.1 Å². The fourth-order valence-corrected chi connectivity index (χ4v) is 2.45. The molecule has 1 aromatic carbocycles. The average Bonchev–Trinajstić information content (AvgIpc) is 2.92. The molecule has 98 valence electrons. The highest BCUT2D eigenvalue weighted by Crippen LogP contribution is 2.29. The first-order chi connectivity index (χ1) is 9.11. The summed E-state index contributed by atoms with van der Waals surface area (Å²) in [4.78, 5) is 22.8. The molecule has 0 spiro atoms. The molecule has 0 aliphatic rings. The molecule has 0 saturated heterocycles. The van der Waals surface area contributed by atoms with Crippen molar-refractivity contribution in [3.05, 3.63) is 51.4 Å². The molecule has 0 aliphatic heterocycles. The monoisotopic (exact) mass is 277 g/mol. The van der Waals surface area contributed by atoms with Crippen molar-refractivity contribution in [1.82, 2.24) is 0 Å². The lowest BCUT2D eigenvalue weighted by molar-refractivity contribution is -0.385. The Hall–Kier alpha value is -2.21. The van der Waals surface area contributed by atoms with Crippen LogP contribution in [0.15, 0.2) is 35.7 Å². The maximum absolute atomic E-state index is 11.3. The third kappa shape index (κ3) is 2.97. The Bertz CT molecular complexity index is 607. The van der Waals surface area contributed by atoms with E-state index in [1.54, 1.807) is 12.1 Å². The lowest BCUT2D eigenvalue weighted by Gasteiger charge is -2.04. The van der Waals surface area contributed by atoms with E-state index in [1.165, 1.54) is 24.5 Å². The largest absolute Gasteiger partial charge is 0.469 e. The summed E-state index contributed by atoms with van der Waals surface area (Å²) < 4.78 is 4.56. The molecule has 19 heavy (non-hydrogen) atoms. The molecular formula is C13H11NO4S. The van der Waals surface area contributed by atoms with Gasteiger partial charge in [-0.3, -0.25) is 14.9 Å². The van der Waals surface area contributed by atoms with Crippen LogP contribution in [0.5, 0.6) is 0 Å². The number of nitro groups is 1. The Morgan fingerprint density at radius 1 is 1.42 bits per heavy atom. The second-order valence-corrected chi connectivity index (χ2v) is 4.78. The van der Waals surface area contributed by atoms with E-state index in [-0.39, 0.29) is 12.1 Å². The third-order valence-electron chi connectivity index (χ3n) is 2.64. The summed E-state index contributed by atoms with van der Waals surface area (Å²) in [6, 6.07) is 8.61. The maximum Gasteiger partial charge on any atom is 0.310 e. The Morgan fingerprint density at radius 2 is 2.21 bits per heavy atom. The molecule has 1 heterocycles. The molecule has 0 saturated carbocycles. The van der Waals surface area contributed by atoms with Gasteiger partial charge in [0.05, 0.1) is 18.5 Å². The lowest BCUT2D eigenvalue weighted by atomic mass is 10.0. The second kappa shape index (κ2) is 5.62. The summed E-state index contributed by atoms with van der Waals surface area (Å²) in [6.07, 6.45) is -0.105. The van der Waals surface area contributed by atoms with Crippen LogP contribution in [0.3, 0.4) is 0 Å². The minimum absolute atomic E-state index is 0.0642. The molecule has 1 aromatic heterocycles. The summed E-state index contributed by atoms with van der Waals surface area (Å²) in [5.41, 5.74) is 1.16. The number of benzene rings is 1. The number of methoxy groups -OCH3 is 1. The van der Waals surface area contributed by atoms with E-state index in [9.17, 15) is 14.9 Å². The zero-order valence-electron chi connectivity index (χ0n) is 10.2. The molecule has 0 atom stereocenters. The van der Waals surface area contributed by atoms with Crippen LogP contribution < -0.4 is 0 Å². The number of hydrogen-bond acceptors (Lipinski definition) is 5. The summed E-state index contributed by atoms with van der Waals surface area (Å²) in [5, 5.41) is 12.9. The van der Waals surface area contributed by atoms with Gasteiger partial charge in [0.1, 0.15) is 0 Å². The van der Waals surface area contributed by atoms with Gasteiger partial charge in [0.15, 0.2) is 0 Å². The van der Waals surface area contributed by atoms with Gasteiger partial charge in [-0.25, -0.2) is 0 Å². The van der Waals surface area contributed by atoms with Gasteiger partial charge in [-0.15, -0.1) is 11.3 Å². The van der Waals surface area contributed by atoms with Gasteiger partial charge in [-0.2, -0.15) is 0 Å². The van der Waals surface area contributed by atoms with E-state index in [4.69, 9.17) is 0 Å². The number of carbonyl (C=O) groups is 1. The molecule has 0 fully saturated rings. The minimum atomic E-state index is -0.494. The number of nitrogens with zero attached hydrogens (tertiary/aromatic N) is 1. The predicted octanol–water partition coefficient (Wildman–Crippen LogP) is 3.04. The van der Waals surface area contributed by atoms with Crippen molar-refractivity contribution in [3.8, 4) is 10.4 Å². The molecule has 0 aliphatic carbocycles. The van der Waals surface area contributed by atoms with Crippen molar-refractivity contribution in [2.45, 2.75) is 6.42 Å². The predicted molar refractivity (Wildman–Crippen MR) is 72.1 cm³/mol. The highest BCUT2D eigenvalue weighted by Gasteiger charge is 2.17. The zero-order chi connectivity index (χ0) is 13.8. The van der Waals surface area contributed by atoms with Crippen molar-refractivity contribution in [1.29, 1.82) is 0 Å². The van der Waals surface area contributed by atoms with Crippen LogP contribution >= 0.6 is 11.3 Å². The van der Waals surface area contributed by atoms with E-state index in [0.29, 0.717) is 5.56 Å². The van der Waals surface area contributed by atoms with Crippen LogP contribution in [0.2, 0.25) is 0 Å². The number of carbonyl (C=O) groups excluding carboxylic acids is 1. The second-order valence-electron chi connectivity index (χ2n) is 3.83. The molecule has 0 bridgehead atoms. The first kappa shape index (κ1) is 13.2. The molecule has 2 rings (SSSR count). The van der Waals surface area contributed by atoms with E-state index in [1.807, 2.05) is 17.5 Å². The highest BCUT2D eigenvalue weighted by molar-refractivity contribution is 7.13. The van der Waals surface area contributed by atoms with Crippen molar-refractivity contribution in [2.24, 2.45) is 0 Å². The van der Waals surface area contributed by atoms with Crippen molar-refractivity contribution >= 4 is 23.0 Å². The van der Waals surface area contributed by atoms with Crippen LogP contribution in [-0.2, 0) is 16.0 Å². The molecule has 0 amide bonds. The van der Waals surface area contributed by atoms with Crippen LogP contribution in [0.4, 0.5) is 5.69 Å². The molecule has 5 nitrogen and oxygen atoms in total. The number of ether oxygens (including phenoxy) is 1. The summed E-state index contributed by atoms with van der Waals surface area (Å²) in [7, 11) is 1.26. The Morgan fingerprint density at radius 3 is 2.79 bits per heavy atom.